The summed E-state index contributed by atoms with van der Waals surface area (Å²) in [4.78, 5) is 14.4. The fourth-order valence-electron chi connectivity index (χ4n) is 3.12. The predicted molar refractivity (Wildman–Crippen MR) is 103 cm³/mol. The third-order valence-electron chi connectivity index (χ3n) is 4.45. The maximum atomic E-state index is 12.7. The Hall–Kier alpha value is -1.96. The van der Waals surface area contributed by atoms with Gasteiger partial charge in [-0.3, -0.25) is 4.79 Å². The second-order valence-corrected chi connectivity index (χ2v) is 7.46. The monoisotopic (exact) mass is 447 g/mol. The van der Waals surface area contributed by atoms with E-state index in [2.05, 4.69) is 4.74 Å². The van der Waals surface area contributed by atoms with Gasteiger partial charge in [0.25, 0.3) is 5.91 Å². The van der Waals surface area contributed by atoms with E-state index >= 15 is 0 Å². The van der Waals surface area contributed by atoms with Crippen LogP contribution >= 0.6 is 23.2 Å². The second kappa shape index (κ2) is 9.24. The minimum Gasteiger partial charge on any atom is -0.406 e. The number of carbonyl (C=O) groups excluding carboxylic acids is 1. The molecule has 0 N–H and O–H groups in total. The average Bonchev–Trinajstić information content (AvgIpc) is 2.67. The van der Waals surface area contributed by atoms with E-state index < -0.39 is 6.36 Å². The minimum absolute atomic E-state index is 0.120. The Morgan fingerprint density at radius 2 is 1.93 bits per heavy atom. The number of hydrogen-bond donors (Lipinski definition) is 0. The second-order valence-electron chi connectivity index (χ2n) is 6.65. The standard InChI is InChI=1S/C20H18Cl2F3NO3/c21-17-7-6-14(10-18(17)22)19(27)26-8-2-5-16(11-26)28-12-13-3-1-4-15(9-13)29-20(23,24)25/h1,3-4,6-7,9-10,16H,2,5,8,11-12H2. The van der Waals surface area contributed by atoms with Crippen LogP contribution in [0.3, 0.4) is 0 Å². The highest BCUT2D eigenvalue weighted by molar-refractivity contribution is 6.42. The molecule has 2 aromatic rings. The summed E-state index contributed by atoms with van der Waals surface area (Å²) in [5, 5.41) is 0.683. The van der Waals surface area contributed by atoms with Crippen LogP contribution in [0, 0.1) is 0 Å². The average molecular weight is 448 g/mol. The van der Waals surface area contributed by atoms with Crippen molar-refractivity contribution in [1.29, 1.82) is 0 Å². The lowest BCUT2D eigenvalue weighted by molar-refractivity contribution is -0.274. The summed E-state index contributed by atoms with van der Waals surface area (Å²) in [6.07, 6.45) is -3.45. The molecule has 9 heteroatoms. The number of benzene rings is 2. The normalized spacial score (nSPS) is 17.3. The summed E-state index contributed by atoms with van der Waals surface area (Å²) in [7, 11) is 0. The van der Waals surface area contributed by atoms with Crippen molar-refractivity contribution < 1.29 is 27.4 Å². The molecule has 29 heavy (non-hydrogen) atoms. The lowest BCUT2D eigenvalue weighted by Gasteiger charge is -2.33. The smallest absolute Gasteiger partial charge is 0.406 e. The van der Waals surface area contributed by atoms with Gasteiger partial charge in [-0.05, 0) is 48.7 Å². The van der Waals surface area contributed by atoms with Crippen molar-refractivity contribution in [2.75, 3.05) is 13.1 Å². The van der Waals surface area contributed by atoms with Crippen LogP contribution in [0.15, 0.2) is 42.5 Å². The highest BCUT2D eigenvalue weighted by Gasteiger charge is 2.31. The Labute approximate surface area is 176 Å². The number of ether oxygens (including phenoxy) is 2. The number of hydrogen-bond acceptors (Lipinski definition) is 3. The summed E-state index contributed by atoms with van der Waals surface area (Å²) < 4.78 is 46.8. The summed E-state index contributed by atoms with van der Waals surface area (Å²) in [5.41, 5.74) is 0.997. The highest BCUT2D eigenvalue weighted by atomic mass is 35.5. The Morgan fingerprint density at radius 3 is 2.66 bits per heavy atom. The van der Waals surface area contributed by atoms with Gasteiger partial charge >= 0.3 is 6.36 Å². The number of piperidine rings is 1. The third-order valence-corrected chi connectivity index (χ3v) is 5.19. The van der Waals surface area contributed by atoms with Gasteiger partial charge in [0.2, 0.25) is 0 Å². The van der Waals surface area contributed by atoms with E-state index in [4.69, 9.17) is 27.9 Å². The van der Waals surface area contributed by atoms with Gasteiger partial charge in [0, 0.05) is 18.7 Å². The number of likely N-dealkylation sites (tertiary alicyclic amines) is 1. The number of rotatable bonds is 5. The van der Waals surface area contributed by atoms with Gasteiger partial charge in [0.1, 0.15) is 5.75 Å². The van der Waals surface area contributed by atoms with Crippen molar-refractivity contribution in [3.05, 3.63) is 63.6 Å². The Morgan fingerprint density at radius 1 is 1.14 bits per heavy atom. The third kappa shape index (κ3) is 6.26. The van der Waals surface area contributed by atoms with Crippen LogP contribution in [0.25, 0.3) is 0 Å². The molecule has 1 unspecified atom stereocenters. The topological polar surface area (TPSA) is 38.8 Å². The number of carbonyl (C=O) groups is 1. The zero-order chi connectivity index (χ0) is 21.0. The lowest BCUT2D eigenvalue weighted by Crippen LogP contribution is -2.43. The highest BCUT2D eigenvalue weighted by Crippen LogP contribution is 2.26. The first-order chi connectivity index (χ1) is 13.7. The largest absolute Gasteiger partial charge is 0.573 e. The molecule has 1 aliphatic heterocycles. The molecule has 2 aromatic carbocycles. The van der Waals surface area contributed by atoms with Crippen LogP contribution in [0.1, 0.15) is 28.8 Å². The van der Waals surface area contributed by atoms with Crippen LogP contribution in [0.5, 0.6) is 5.75 Å². The van der Waals surface area contributed by atoms with Gasteiger partial charge in [0.15, 0.2) is 0 Å². The zero-order valence-electron chi connectivity index (χ0n) is 15.2. The molecule has 1 amide bonds. The van der Waals surface area contributed by atoms with E-state index in [0.717, 1.165) is 12.8 Å². The van der Waals surface area contributed by atoms with Crippen LogP contribution < -0.4 is 4.74 Å². The van der Waals surface area contributed by atoms with E-state index in [1.54, 1.807) is 23.1 Å². The molecule has 156 valence electrons. The molecule has 3 rings (SSSR count). The number of amides is 1. The van der Waals surface area contributed by atoms with Crippen molar-refractivity contribution in [2.45, 2.75) is 31.9 Å². The van der Waals surface area contributed by atoms with E-state index in [1.807, 2.05) is 0 Å². The Kier molecular flexibility index (Phi) is 6.93. The lowest BCUT2D eigenvalue weighted by atomic mass is 10.1. The Bertz CT molecular complexity index is 876. The van der Waals surface area contributed by atoms with Crippen LogP contribution in [-0.4, -0.2) is 36.4 Å². The van der Waals surface area contributed by atoms with Gasteiger partial charge in [-0.15, -0.1) is 13.2 Å². The first-order valence-corrected chi connectivity index (χ1v) is 9.67. The zero-order valence-corrected chi connectivity index (χ0v) is 16.7. The van der Waals surface area contributed by atoms with E-state index in [1.165, 1.54) is 24.3 Å². The molecule has 1 aliphatic rings. The molecule has 4 nitrogen and oxygen atoms in total. The number of nitrogens with zero attached hydrogens (tertiary/aromatic N) is 1. The Balaban J connectivity index is 1.58. The maximum absolute atomic E-state index is 12.7. The minimum atomic E-state index is -4.74. The molecule has 1 saturated heterocycles. The van der Waals surface area contributed by atoms with Gasteiger partial charge in [-0.2, -0.15) is 0 Å². The van der Waals surface area contributed by atoms with E-state index in [0.29, 0.717) is 34.3 Å². The van der Waals surface area contributed by atoms with Crippen LogP contribution in [0.4, 0.5) is 13.2 Å². The van der Waals surface area contributed by atoms with Crippen LogP contribution in [-0.2, 0) is 11.3 Å². The molecule has 0 aliphatic carbocycles. The summed E-state index contributed by atoms with van der Waals surface area (Å²) in [6, 6.07) is 10.4. The SMILES string of the molecule is O=C(c1ccc(Cl)c(Cl)c1)N1CCCC(OCc2cccc(OC(F)(F)F)c2)C1. The van der Waals surface area contributed by atoms with E-state index in [9.17, 15) is 18.0 Å². The summed E-state index contributed by atoms with van der Waals surface area (Å²) in [5.74, 6) is -0.462. The molecule has 0 spiro atoms. The molecule has 0 bridgehead atoms. The van der Waals surface area contributed by atoms with Crippen molar-refractivity contribution >= 4 is 29.1 Å². The molecule has 0 radical (unpaired) electrons. The molecule has 1 atom stereocenters. The van der Waals surface area contributed by atoms with Gasteiger partial charge in [-0.1, -0.05) is 35.3 Å². The van der Waals surface area contributed by atoms with Gasteiger partial charge in [-0.25, -0.2) is 0 Å². The molecular formula is C20H18Cl2F3NO3. The first-order valence-electron chi connectivity index (χ1n) is 8.92. The summed E-state index contributed by atoms with van der Waals surface area (Å²) >= 11 is 11.9. The quantitative estimate of drug-likeness (QED) is 0.588. The van der Waals surface area contributed by atoms with Crippen molar-refractivity contribution in [3.8, 4) is 5.75 Å². The first kappa shape index (κ1) is 21.7. The molecule has 0 saturated carbocycles. The molecule has 1 fully saturated rings. The predicted octanol–water partition coefficient (Wildman–Crippen LogP) is 5.71. The van der Waals surface area contributed by atoms with Gasteiger partial charge < -0.3 is 14.4 Å². The molecule has 1 heterocycles. The number of alkyl halides is 3. The number of halogens is 5. The maximum Gasteiger partial charge on any atom is 0.573 e. The van der Waals surface area contributed by atoms with Crippen molar-refractivity contribution in [2.24, 2.45) is 0 Å². The van der Waals surface area contributed by atoms with Crippen LogP contribution in [0.2, 0.25) is 10.0 Å². The van der Waals surface area contributed by atoms with Crippen molar-refractivity contribution in [3.63, 3.8) is 0 Å². The van der Waals surface area contributed by atoms with Crippen molar-refractivity contribution in [1.82, 2.24) is 4.90 Å². The fourth-order valence-corrected chi connectivity index (χ4v) is 3.41. The molecular weight excluding hydrogens is 430 g/mol. The fraction of sp³-hybridized carbons (Fsp3) is 0.350. The summed E-state index contributed by atoms with van der Waals surface area (Å²) in [6.45, 7) is 1.10. The van der Waals surface area contributed by atoms with Gasteiger partial charge in [0.05, 0.1) is 22.8 Å². The molecule has 0 aromatic heterocycles. The van der Waals surface area contributed by atoms with E-state index in [-0.39, 0.29) is 24.4 Å².